The zero-order chi connectivity index (χ0) is 23.3. The maximum absolute atomic E-state index is 13.8. The summed E-state index contributed by atoms with van der Waals surface area (Å²) >= 11 is 0.951. The van der Waals surface area contributed by atoms with Crippen molar-refractivity contribution in [2.75, 3.05) is 10.6 Å². The molecule has 1 aromatic heterocycles. The molecule has 11 heteroatoms. The molecule has 3 rings (SSSR count). The highest BCUT2D eigenvalue weighted by Crippen LogP contribution is 2.26. The van der Waals surface area contributed by atoms with E-state index < -0.39 is 28.4 Å². The maximum atomic E-state index is 13.8. The number of H-pyrrole nitrogens is 1. The Morgan fingerprint density at radius 1 is 1.09 bits per heavy atom. The van der Waals surface area contributed by atoms with Gasteiger partial charge in [-0.2, -0.15) is 0 Å². The molecule has 8 nitrogen and oxygen atoms in total. The minimum atomic E-state index is -0.895. The normalized spacial score (nSPS) is 11.6. The number of nitrogens with one attached hydrogen (secondary N) is 3. The number of anilines is 2. The number of hydrogen-bond donors (Lipinski definition) is 3. The van der Waals surface area contributed by atoms with Crippen molar-refractivity contribution in [3.8, 4) is 11.3 Å². The first-order chi connectivity index (χ1) is 15.3. The van der Waals surface area contributed by atoms with Crippen molar-refractivity contribution in [2.45, 2.75) is 30.7 Å². The Hall–Kier alpha value is -3.60. The molecule has 0 saturated heterocycles. The summed E-state index contributed by atoms with van der Waals surface area (Å²) < 4.78 is 26.9. The van der Waals surface area contributed by atoms with E-state index >= 15 is 0 Å². The lowest BCUT2D eigenvalue weighted by molar-refractivity contribution is -0.116. The number of hydrogen-bond acceptors (Lipinski definition) is 6. The Bertz CT molecular complexity index is 1220. The van der Waals surface area contributed by atoms with Gasteiger partial charge in [-0.1, -0.05) is 36.9 Å². The monoisotopic (exact) mass is 459 g/mol. The molecule has 32 heavy (non-hydrogen) atoms. The molecule has 2 amide bonds. The van der Waals surface area contributed by atoms with E-state index in [-0.39, 0.29) is 22.4 Å². The third-order valence-electron chi connectivity index (χ3n) is 4.28. The molecular formula is C21H19F2N5O3S. The summed E-state index contributed by atoms with van der Waals surface area (Å²) in [5.74, 6) is -2.49. The Morgan fingerprint density at radius 2 is 1.84 bits per heavy atom. The lowest BCUT2D eigenvalue weighted by Crippen LogP contribution is -2.26. The van der Waals surface area contributed by atoms with Crippen LogP contribution in [0.1, 0.15) is 20.3 Å². The number of carbonyl (C=O) groups excluding carboxylic acids is 2. The quantitative estimate of drug-likeness (QED) is 0.465. The van der Waals surface area contributed by atoms with Crippen LogP contribution in [-0.4, -0.2) is 32.2 Å². The van der Waals surface area contributed by atoms with Gasteiger partial charge in [-0.3, -0.25) is 19.4 Å². The first-order valence-electron chi connectivity index (χ1n) is 9.55. The van der Waals surface area contributed by atoms with Crippen LogP contribution in [0.4, 0.5) is 20.2 Å². The van der Waals surface area contributed by atoms with E-state index in [4.69, 9.17) is 0 Å². The minimum absolute atomic E-state index is 0.00424. The maximum Gasteiger partial charge on any atom is 0.278 e. The van der Waals surface area contributed by atoms with E-state index in [1.165, 1.54) is 6.92 Å². The predicted molar refractivity (Wildman–Crippen MR) is 117 cm³/mol. The van der Waals surface area contributed by atoms with Gasteiger partial charge in [-0.15, -0.1) is 10.2 Å². The molecule has 0 bridgehead atoms. The fourth-order valence-corrected chi connectivity index (χ4v) is 3.64. The predicted octanol–water partition coefficient (Wildman–Crippen LogP) is 3.58. The van der Waals surface area contributed by atoms with Gasteiger partial charge in [0.1, 0.15) is 11.6 Å². The average molecular weight is 459 g/mol. The van der Waals surface area contributed by atoms with Crippen LogP contribution < -0.4 is 16.2 Å². The van der Waals surface area contributed by atoms with Crippen molar-refractivity contribution in [3.63, 3.8) is 0 Å². The topological polar surface area (TPSA) is 117 Å². The van der Waals surface area contributed by atoms with E-state index in [0.717, 1.165) is 23.9 Å². The molecule has 0 fully saturated rings. The Balaban J connectivity index is 1.79. The molecule has 0 saturated carbocycles. The van der Waals surface area contributed by atoms with Gasteiger partial charge < -0.3 is 10.6 Å². The molecular weight excluding hydrogens is 440 g/mol. The first kappa shape index (κ1) is 23.1. The Labute approximate surface area is 185 Å². The number of halogens is 2. The van der Waals surface area contributed by atoms with Crippen molar-refractivity contribution in [1.82, 2.24) is 15.2 Å². The van der Waals surface area contributed by atoms with Gasteiger partial charge in [0.05, 0.1) is 16.6 Å². The molecule has 3 N–H and O–H groups in total. The molecule has 1 unspecified atom stereocenters. The number of benzene rings is 2. The summed E-state index contributed by atoms with van der Waals surface area (Å²) in [4.78, 5) is 39.1. The van der Waals surface area contributed by atoms with Crippen molar-refractivity contribution >= 4 is 35.0 Å². The number of para-hydroxylation sites is 1. The molecule has 1 atom stereocenters. The van der Waals surface area contributed by atoms with E-state index in [1.807, 2.05) is 0 Å². The number of amides is 2. The lowest BCUT2D eigenvalue weighted by Gasteiger charge is -2.14. The van der Waals surface area contributed by atoms with Crippen molar-refractivity contribution in [2.24, 2.45) is 0 Å². The van der Waals surface area contributed by atoms with E-state index in [1.54, 1.807) is 31.2 Å². The summed E-state index contributed by atoms with van der Waals surface area (Å²) in [6.07, 6.45) is 0.343. The molecule has 3 aromatic rings. The Morgan fingerprint density at radius 3 is 2.50 bits per heavy atom. The fraction of sp³-hybridized carbons (Fsp3) is 0.190. The van der Waals surface area contributed by atoms with Crippen LogP contribution in [0, 0.1) is 11.6 Å². The number of aromatic nitrogens is 3. The highest BCUT2D eigenvalue weighted by atomic mass is 32.2. The highest BCUT2D eigenvalue weighted by Gasteiger charge is 2.22. The van der Waals surface area contributed by atoms with Crippen LogP contribution >= 0.6 is 11.8 Å². The summed E-state index contributed by atoms with van der Waals surface area (Å²) in [6, 6.07) is 9.48. The van der Waals surface area contributed by atoms with Gasteiger partial charge in [0.25, 0.3) is 5.56 Å². The number of carbonyl (C=O) groups is 2. The fourth-order valence-electron chi connectivity index (χ4n) is 2.80. The number of rotatable bonds is 7. The summed E-state index contributed by atoms with van der Waals surface area (Å²) in [5.41, 5.74) is 0.0987. The lowest BCUT2D eigenvalue weighted by atomic mass is 10.1. The number of nitrogens with zero attached hydrogens (tertiary/aromatic N) is 2. The highest BCUT2D eigenvalue weighted by molar-refractivity contribution is 8.00. The van der Waals surface area contributed by atoms with Crippen LogP contribution in [0.3, 0.4) is 0 Å². The number of aromatic amines is 1. The second kappa shape index (κ2) is 10.1. The van der Waals surface area contributed by atoms with Crippen LogP contribution in [0.25, 0.3) is 11.3 Å². The van der Waals surface area contributed by atoms with Crippen molar-refractivity contribution < 1.29 is 18.4 Å². The van der Waals surface area contributed by atoms with E-state index in [0.29, 0.717) is 23.7 Å². The third-order valence-corrected chi connectivity index (χ3v) is 5.51. The van der Waals surface area contributed by atoms with E-state index in [2.05, 4.69) is 25.8 Å². The van der Waals surface area contributed by atoms with Crippen LogP contribution in [0.2, 0.25) is 0 Å². The van der Waals surface area contributed by atoms with Crippen molar-refractivity contribution in [1.29, 1.82) is 0 Å². The molecule has 0 radical (unpaired) electrons. The molecule has 166 valence electrons. The van der Waals surface area contributed by atoms with Gasteiger partial charge in [-0.05, 0) is 24.6 Å². The second-order valence-corrected chi connectivity index (χ2v) is 7.85. The zero-order valence-corrected chi connectivity index (χ0v) is 17.9. The standard InChI is InChI=1S/C21H19F2N5O3S/c1-3-17(19(30)25-16-9-8-12(22)10-14(16)23)32-21-26-20(31)18(27-28-21)13-6-4-5-7-15(13)24-11(2)29/h4-10,17H,3H2,1-2H3,(H,24,29)(H,25,30)(H,26,28,31). The van der Waals surface area contributed by atoms with Gasteiger partial charge in [0.2, 0.25) is 11.8 Å². The number of thioether (sulfide) groups is 1. The zero-order valence-electron chi connectivity index (χ0n) is 17.1. The summed E-state index contributed by atoms with van der Waals surface area (Å²) in [5, 5.41) is 12.4. The largest absolute Gasteiger partial charge is 0.326 e. The summed E-state index contributed by atoms with van der Waals surface area (Å²) in [7, 11) is 0. The molecule has 0 spiro atoms. The average Bonchev–Trinajstić information content (AvgIpc) is 2.74. The molecule has 0 aliphatic carbocycles. The van der Waals surface area contributed by atoms with Crippen molar-refractivity contribution in [3.05, 3.63) is 64.5 Å². The summed E-state index contributed by atoms with van der Waals surface area (Å²) in [6.45, 7) is 3.09. The van der Waals surface area contributed by atoms with Gasteiger partial charge in [-0.25, -0.2) is 8.78 Å². The second-order valence-electron chi connectivity index (χ2n) is 6.66. The molecule has 0 aliphatic rings. The molecule has 1 heterocycles. The Kier molecular flexibility index (Phi) is 7.31. The van der Waals surface area contributed by atoms with Gasteiger partial charge in [0.15, 0.2) is 10.9 Å². The molecule has 0 aliphatic heterocycles. The van der Waals surface area contributed by atoms with Gasteiger partial charge in [0, 0.05) is 18.6 Å². The van der Waals surface area contributed by atoms with Crippen LogP contribution in [0.15, 0.2) is 52.4 Å². The first-order valence-corrected chi connectivity index (χ1v) is 10.4. The third kappa shape index (κ3) is 5.55. The minimum Gasteiger partial charge on any atom is -0.326 e. The van der Waals surface area contributed by atoms with Crippen LogP contribution in [-0.2, 0) is 9.59 Å². The molecule has 2 aromatic carbocycles. The van der Waals surface area contributed by atoms with E-state index in [9.17, 15) is 23.2 Å². The SMILES string of the molecule is CCC(Sc1nnc(-c2ccccc2NC(C)=O)c(=O)[nH]1)C(=O)Nc1ccc(F)cc1F. The smallest absolute Gasteiger partial charge is 0.278 e. The van der Waals surface area contributed by atoms with Crippen LogP contribution in [0.5, 0.6) is 0 Å². The van der Waals surface area contributed by atoms with Gasteiger partial charge >= 0.3 is 0 Å².